The molecule has 2 rings (SSSR count). The zero-order chi connectivity index (χ0) is 14.5. The topological polar surface area (TPSA) is 35.6 Å². The number of hydrogen-bond donors (Lipinski definition) is 1. The van der Waals surface area contributed by atoms with Gasteiger partial charge in [-0.05, 0) is 51.2 Å². The van der Waals surface area contributed by atoms with Crippen LogP contribution < -0.4 is 10.2 Å². The molecule has 1 atom stereocenters. The number of rotatable bonds is 5. The zero-order valence-electron chi connectivity index (χ0n) is 12.1. The molecule has 4 nitrogen and oxygen atoms in total. The van der Waals surface area contributed by atoms with Crippen LogP contribution in [0, 0.1) is 5.82 Å². The quantitative estimate of drug-likeness (QED) is 0.886. The number of halogens is 1. The van der Waals surface area contributed by atoms with E-state index >= 15 is 0 Å². The van der Waals surface area contributed by atoms with Crippen molar-refractivity contribution in [1.29, 1.82) is 0 Å². The Labute approximate surface area is 119 Å². The van der Waals surface area contributed by atoms with E-state index in [1.54, 1.807) is 17.0 Å². The van der Waals surface area contributed by atoms with Crippen molar-refractivity contribution in [2.45, 2.75) is 19.4 Å². The Morgan fingerprint density at radius 3 is 2.65 bits per heavy atom. The lowest BCUT2D eigenvalue weighted by Crippen LogP contribution is -2.43. The minimum absolute atomic E-state index is 0.0495. The number of amides is 1. The highest BCUT2D eigenvalue weighted by Crippen LogP contribution is 2.15. The van der Waals surface area contributed by atoms with Crippen molar-refractivity contribution >= 4 is 11.6 Å². The van der Waals surface area contributed by atoms with Crippen LogP contribution in [0.15, 0.2) is 24.3 Å². The van der Waals surface area contributed by atoms with Gasteiger partial charge in [-0.2, -0.15) is 0 Å². The Kier molecular flexibility index (Phi) is 5.09. The summed E-state index contributed by atoms with van der Waals surface area (Å²) >= 11 is 0. The standard InChI is InChI=1S/C15H22FN3O/c1-3-19(13-6-4-12(16)5-7-13)15(20)11-18(2)14-8-9-17-10-14/h4-7,14,17H,3,8-11H2,1-2H3. The second-order valence-electron chi connectivity index (χ2n) is 5.18. The third kappa shape index (κ3) is 3.55. The Morgan fingerprint density at radius 2 is 2.10 bits per heavy atom. The van der Waals surface area contributed by atoms with Crippen LogP contribution in [0.2, 0.25) is 0 Å². The summed E-state index contributed by atoms with van der Waals surface area (Å²) in [5, 5.41) is 3.30. The first-order valence-corrected chi connectivity index (χ1v) is 7.08. The monoisotopic (exact) mass is 279 g/mol. The second kappa shape index (κ2) is 6.81. The van der Waals surface area contributed by atoms with Crippen LogP contribution in [0.3, 0.4) is 0 Å². The van der Waals surface area contributed by atoms with Gasteiger partial charge in [0, 0.05) is 24.8 Å². The molecule has 0 aromatic heterocycles. The van der Waals surface area contributed by atoms with E-state index in [1.165, 1.54) is 12.1 Å². The van der Waals surface area contributed by atoms with E-state index in [9.17, 15) is 9.18 Å². The predicted octanol–water partition coefficient (Wildman–Crippen LogP) is 1.47. The fourth-order valence-electron chi connectivity index (χ4n) is 2.57. The molecule has 0 radical (unpaired) electrons. The van der Waals surface area contributed by atoms with Crippen molar-refractivity contribution in [3.05, 3.63) is 30.1 Å². The fourth-order valence-corrected chi connectivity index (χ4v) is 2.57. The van der Waals surface area contributed by atoms with Gasteiger partial charge in [-0.15, -0.1) is 0 Å². The molecule has 1 amide bonds. The minimum Gasteiger partial charge on any atom is -0.315 e. The summed E-state index contributed by atoms with van der Waals surface area (Å²) in [4.78, 5) is 16.2. The first-order chi connectivity index (χ1) is 9.61. The molecule has 1 fully saturated rings. The fraction of sp³-hybridized carbons (Fsp3) is 0.533. The van der Waals surface area contributed by atoms with E-state index in [1.807, 2.05) is 14.0 Å². The van der Waals surface area contributed by atoms with Gasteiger partial charge < -0.3 is 10.2 Å². The maximum atomic E-state index is 13.0. The molecule has 0 bridgehead atoms. The van der Waals surface area contributed by atoms with Gasteiger partial charge in [-0.3, -0.25) is 9.69 Å². The molecule has 1 unspecified atom stereocenters. The van der Waals surface area contributed by atoms with E-state index in [-0.39, 0.29) is 11.7 Å². The Bertz CT molecular complexity index is 443. The van der Waals surface area contributed by atoms with Gasteiger partial charge in [0.15, 0.2) is 0 Å². The molecule has 1 N–H and O–H groups in total. The molecule has 1 heterocycles. The lowest BCUT2D eigenvalue weighted by Gasteiger charge is -2.27. The zero-order valence-corrected chi connectivity index (χ0v) is 12.1. The van der Waals surface area contributed by atoms with Gasteiger partial charge in [-0.1, -0.05) is 0 Å². The van der Waals surface area contributed by atoms with Crippen molar-refractivity contribution < 1.29 is 9.18 Å². The molecule has 1 aromatic carbocycles. The maximum Gasteiger partial charge on any atom is 0.241 e. The summed E-state index contributed by atoms with van der Waals surface area (Å²) in [6.07, 6.45) is 1.08. The Hall–Kier alpha value is -1.46. The van der Waals surface area contributed by atoms with Gasteiger partial charge >= 0.3 is 0 Å². The molecule has 1 aromatic rings. The van der Waals surface area contributed by atoms with Gasteiger partial charge in [-0.25, -0.2) is 4.39 Å². The number of carbonyl (C=O) groups is 1. The van der Waals surface area contributed by atoms with Crippen LogP contribution in [-0.4, -0.2) is 50.1 Å². The Balaban J connectivity index is 1.99. The number of carbonyl (C=O) groups excluding carboxylic acids is 1. The van der Waals surface area contributed by atoms with Crippen molar-refractivity contribution in [3.63, 3.8) is 0 Å². The summed E-state index contributed by atoms with van der Waals surface area (Å²) < 4.78 is 13.0. The molecular formula is C15H22FN3O. The number of nitrogens with zero attached hydrogens (tertiary/aromatic N) is 2. The molecule has 0 spiro atoms. The van der Waals surface area contributed by atoms with E-state index in [0.29, 0.717) is 19.1 Å². The van der Waals surface area contributed by atoms with Crippen molar-refractivity contribution in [2.75, 3.05) is 38.1 Å². The normalized spacial score (nSPS) is 18.5. The number of hydrogen-bond acceptors (Lipinski definition) is 3. The molecule has 5 heteroatoms. The number of benzene rings is 1. The summed E-state index contributed by atoms with van der Waals surface area (Å²) in [7, 11) is 1.98. The van der Waals surface area contributed by atoms with Crippen LogP contribution in [0.1, 0.15) is 13.3 Å². The van der Waals surface area contributed by atoms with Crippen LogP contribution in [0.25, 0.3) is 0 Å². The van der Waals surface area contributed by atoms with Crippen molar-refractivity contribution in [3.8, 4) is 0 Å². The van der Waals surface area contributed by atoms with Crippen molar-refractivity contribution in [1.82, 2.24) is 10.2 Å². The van der Waals surface area contributed by atoms with Crippen LogP contribution >= 0.6 is 0 Å². The maximum absolute atomic E-state index is 13.0. The summed E-state index contributed by atoms with van der Waals surface area (Å²) in [5.41, 5.74) is 0.747. The van der Waals surface area contributed by atoms with Gasteiger partial charge in [0.25, 0.3) is 0 Å². The van der Waals surface area contributed by atoms with E-state index < -0.39 is 0 Å². The number of anilines is 1. The first kappa shape index (κ1) is 14.9. The smallest absolute Gasteiger partial charge is 0.241 e. The highest BCUT2D eigenvalue weighted by molar-refractivity contribution is 5.94. The van der Waals surface area contributed by atoms with Crippen LogP contribution in [0.5, 0.6) is 0 Å². The average Bonchev–Trinajstić information content (AvgIpc) is 2.96. The molecule has 0 saturated carbocycles. The highest BCUT2D eigenvalue weighted by Gasteiger charge is 2.23. The molecular weight excluding hydrogens is 257 g/mol. The molecule has 20 heavy (non-hydrogen) atoms. The molecule has 0 aliphatic carbocycles. The third-order valence-electron chi connectivity index (χ3n) is 3.80. The summed E-state index contributed by atoms with van der Waals surface area (Å²) in [6, 6.07) is 6.49. The van der Waals surface area contributed by atoms with E-state index in [4.69, 9.17) is 0 Å². The SMILES string of the molecule is CCN(C(=O)CN(C)C1CCNC1)c1ccc(F)cc1. The largest absolute Gasteiger partial charge is 0.315 e. The molecule has 1 aliphatic rings. The second-order valence-corrected chi connectivity index (χ2v) is 5.18. The number of nitrogens with one attached hydrogen (secondary N) is 1. The Morgan fingerprint density at radius 1 is 1.40 bits per heavy atom. The third-order valence-corrected chi connectivity index (χ3v) is 3.80. The van der Waals surface area contributed by atoms with Crippen molar-refractivity contribution in [2.24, 2.45) is 0 Å². The number of likely N-dealkylation sites (N-methyl/N-ethyl adjacent to an activating group) is 2. The first-order valence-electron chi connectivity index (χ1n) is 7.08. The van der Waals surface area contributed by atoms with Gasteiger partial charge in [0.2, 0.25) is 5.91 Å². The predicted molar refractivity (Wildman–Crippen MR) is 78.3 cm³/mol. The van der Waals surface area contributed by atoms with Gasteiger partial charge in [0.1, 0.15) is 5.82 Å². The highest BCUT2D eigenvalue weighted by atomic mass is 19.1. The average molecular weight is 279 g/mol. The lowest BCUT2D eigenvalue weighted by molar-refractivity contribution is -0.119. The molecule has 1 saturated heterocycles. The summed E-state index contributed by atoms with van der Waals surface area (Å²) in [5.74, 6) is -0.236. The summed E-state index contributed by atoms with van der Waals surface area (Å²) in [6.45, 7) is 4.85. The van der Waals surface area contributed by atoms with Gasteiger partial charge in [0.05, 0.1) is 6.54 Å². The van der Waals surface area contributed by atoms with E-state index in [2.05, 4.69) is 10.2 Å². The molecule has 1 aliphatic heterocycles. The van der Waals surface area contributed by atoms with Crippen LogP contribution in [-0.2, 0) is 4.79 Å². The minimum atomic E-state index is -0.286. The van der Waals surface area contributed by atoms with Crippen LogP contribution in [0.4, 0.5) is 10.1 Å². The van der Waals surface area contributed by atoms with E-state index in [0.717, 1.165) is 25.2 Å². The molecule has 110 valence electrons. The lowest BCUT2D eigenvalue weighted by atomic mass is 10.2.